The molecule has 2 aliphatic rings. The third-order valence-corrected chi connectivity index (χ3v) is 7.52. The van der Waals surface area contributed by atoms with Crippen LogP contribution in [0.15, 0.2) is 48.5 Å². The molecule has 2 heterocycles. The second-order valence-electron chi connectivity index (χ2n) is 9.79. The molecule has 176 valence electrons. The Bertz CT molecular complexity index is 979. The number of rotatable bonds is 8. The zero-order valence-corrected chi connectivity index (χ0v) is 20.0. The second-order valence-corrected chi connectivity index (χ2v) is 9.79. The SMILES string of the molecule is CC1CCCC(C)N1CCCCCN1C(=O)C(c2cccc(C(N)=O)c2)Cc2ccccc21. The highest BCUT2D eigenvalue weighted by Gasteiger charge is 2.33. The molecule has 0 aliphatic carbocycles. The number of nitrogens with two attached hydrogens (primary N) is 1. The van der Waals surface area contributed by atoms with Crippen molar-refractivity contribution in [3.8, 4) is 0 Å². The number of nitrogens with zero attached hydrogens (tertiary/aromatic N) is 2. The number of piperidine rings is 1. The van der Waals surface area contributed by atoms with Gasteiger partial charge in [0.15, 0.2) is 0 Å². The highest BCUT2D eigenvalue weighted by atomic mass is 16.2. The lowest BCUT2D eigenvalue weighted by molar-refractivity contribution is -0.120. The Kier molecular flexibility index (Phi) is 7.49. The van der Waals surface area contributed by atoms with Crippen LogP contribution >= 0.6 is 0 Å². The Labute approximate surface area is 197 Å². The predicted octanol–water partition coefficient (Wildman–Crippen LogP) is 4.89. The van der Waals surface area contributed by atoms with E-state index < -0.39 is 5.91 Å². The number of fused-ring (bicyclic) bond motifs is 1. The van der Waals surface area contributed by atoms with Crippen LogP contribution in [0.5, 0.6) is 0 Å². The van der Waals surface area contributed by atoms with Crippen LogP contribution in [0.25, 0.3) is 0 Å². The first-order valence-corrected chi connectivity index (χ1v) is 12.5. The van der Waals surface area contributed by atoms with E-state index in [0.717, 1.165) is 37.2 Å². The molecular formula is C28H37N3O2. The summed E-state index contributed by atoms with van der Waals surface area (Å²) in [5.41, 5.74) is 9.01. The van der Waals surface area contributed by atoms with E-state index >= 15 is 0 Å². The van der Waals surface area contributed by atoms with Gasteiger partial charge in [0, 0.05) is 29.9 Å². The number of likely N-dealkylation sites (tertiary alicyclic amines) is 1. The zero-order valence-electron chi connectivity index (χ0n) is 20.0. The average molecular weight is 448 g/mol. The molecule has 3 unspecified atom stereocenters. The number of primary amides is 1. The van der Waals surface area contributed by atoms with Crippen molar-refractivity contribution in [3.05, 3.63) is 65.2 Å². The molecule has 2 aliphatic heterocycles. The van der Waals surface area contributed by atoms with Gasteiger partial charge in [0.2, 0.25) is 11.8 Å². The van der Waals surface area contributed by atoms with Gasteiger partial charge in [-0.05, 0) is 81.8 Å². The average Bonchev–Trinajstić information content (AvgIpc) is 2.81. The van der Waals surface area contributed by atoms with Gasteiger partial charge >= 0.3 is 0 Å². The van der Waals surface area contributed by atoms with Gasteiger partial charge in [-0.15, -0.1) is 0 Å². The van der Waals surface area contributed by atoms with Crippen molar-refractivity contribution in [1.29, 1.82) is 0 Å². The van der Waals surface area contributed by atoms with E-state index in [1.54, 1.807) is 12.1 Å². The van der Waals surface area contributed by atoms with E-state index in [9.17, 15) is 9.59 Å². The van der Waals surface area contributed by atoms with E-state index in [1.165, 1.54) is 31.2 Å². The van der Waals surface area contributed by atoms with Crippen LogP contribution in [-0.4, -0.2) is 41.9 Å². The van der Waals surface area contributed by atoms with Crippen molar-refractivity contribution in [1.82, 2.24) is 4.90 Å². The molecule has 2 aromatic rings. The Balaban J connectivity index is 1.42. The Morgan fingerprint density at radius 2 is 1.70 bits per heavy atom. The first kappa shape index (κ1) is 23.5. The maximum absolute atomic E-state index is 13.6. The van der Waals surface area contributed by atoms with Gasteiger partial charge in [-0.3, -0.25) is 14.5 Å². The molecule has 2 N–H and O–H groups in total. The van der Waals surface area contributed by atoms with Crippen molar-refractivity contribution in [2.24, 2.45) is 5.73 Å². The van der Waals surface area contributed by atoms with Crippen molar-refractivity contribution in [2.45, 2.75) is 76.8 Å². The minimum atomic E-state index is -0.463. The largest absolute Gasteiger partial charge is 0.366 e. The third kappa shape index (κ3) is 5.30. The van der Waals surface area contributed by atoms with E-state index in [4.69, 9.17) is 5.73 Å². The van der Waals surface area contributed by atoms with Crippen LogP contribution in [0.3, 0.4) is 0 Å². The van der Waals surface area contributed by atoms with Crippen molar-refractivity contribution >= 4 is 17.5 Å². The van der Waals surface area contributed by atoms with Crippen LogP contribution in [0.1, 0.15) is 79.8 Å². The molecule has 2 aromatic carbocycles. The maximum atomic E-state index is 13.6. The van der Waals surface area contributed by atoms with Crippen LogP contribution in [0, 0.1) is 0 Å². The smallest absolute Gasteiger partial charge is 0.248 e. The summed E-state index contributed by atoms with van der Waals surface area (Å²) in [6.07, 6.45) is 7.89. The van der Waals surface area contributed by atoms with Crippen molar-refractivity contribution < 1.29 is 9.59 Å². The zero-order chi connectivity index (χ0) is 23.4. The number of hydrogen-bond acceptors (Lipinski definition) is 3. The summed E-state index contributed by atoms with van der Waals surface area (Å²) in [5, 5.41) is 0. The van der Waals surface area contributed by atoms with Gasteiger partial charge in [0.25, 0.3) is 0 Å². The van der Waals surface area contributed by atoms with Gasteiger partial charge in [-0.1, -0.05) is 43.2 Å². The lowest BCUT2D eigenvalue weighted by Gasteiger charge is -2.39. The molecule has 0 radical (unpaired) electrons. The molecule has 2 amide bonds. The summed E-state index contributed by atoms with van der Waals surface area (Å²) >= 11 is 0. The van der Waals surface area contributed by atoms with E-state index in [-0.39, 0.29) is 11.8 Å². The van der Waals surface area contributed by atoms with Crippen molar-refractivity contribution in [3.63, 3.8) is 0 Å². The molecule has 0 bridgehead atoms. The predicted molar refractivity (Wildman–Crippen MR) is 134 cm³/mol. The molecule has 33 heavy (non-hydrogen) atoms. The lowest BCUT2D eigenvalue weighted by Crippen LogP contribution is -2.44. The number of carbonyl (C=O) groups excluding carboxylic acids is 2. The van der Waals surface area contributed by atoms with E-state index in [1.807, 2.05) is 29.2 Å². The monoisotopic (exact) mass is 447 g/mol. The third-order valence-electron chi connectivity index (χ3n) is 7.52. The Hall–Kier alpha value is -2.66. The molecular weight excluding hydrogens is 410 g/mol. The standard InChI is InChI=1S/C28H37N3O2/c1-20-10-8-11-21(2)30(20)16-6-3-7-17-31-26-15-5-4-12-23(26)19-25(28(31)33)22-13-9-14-24(18-22)27(29)32/h4-5,9,12-15,18,20-21,25H,3,6-8,10-11,16-17,19H2,1-2H3,(H2,29,32). The normalized spacial score (nSPS) is 23.4. The summed E-state index contributed by atoms with van der Waals surface area (Å²) in [7, 11) is 0. The molecule has 0 spiro atoms. The molecule has 1 fully saturated rings. The van der Waals surface area contributed by atoms with Crippen molar-refractivity contribution in [2.75, 3.05) is 18.0 Å². The van der Waals surface area contributed by atoms with Gasteiger partial charge in [-0.2, -0.15) is 0 Å². The fraction of sp³-hybridized carbons (Fsp3) is 0.500. The number of unbranched alkanes of at least 4 members (excludes halogenated alkanes) is 2. The van der Waals surface area contributed by atoms with E-state index in [2.05, 4.69) is 30.9 Å². The molecule has 5 heteroatoms. The van der Waals surface area contributed by atoms with Crippen LogP contribution in [0.2, 0.25) is 0 Å². The van der Waals surface area contributed by atoms with Crippen LogP contribution in [-0.2, 0) is 11.2 Å². The molecule has 0 saturated carbocycles. The highest BCUT2D eigenvalue weighted by molar-refractivity contribution is 6.01. The lowest BCUT2D eigenvalue weighted by atomic mass is 9.85. The topological polar surface area (TPSA) is 66.6 Å². The van der Waals surface area contributed by atoms with E-state index in [0.29, 0.717) is 24.1 Å². The molecule has 1 saturated heterocycles. The summed E-state index contributed by atoms with van der Waals surface area (Å²) in [4.78, 5) is 29.9. The van der Waals surface area contributed by atoms with Crippen LogP contribution < -0.4 is 10.6 Å². The first-order chi connectivity index (χ1) is 16.0. The number of benzene rings is 2. The summed E-state index contributed by atoms with van der Waals surface area (Å²) < 4.78 is 0. The summed E-state index contributed by atoms with van der Waals surface area (Å²) in [6, 6.07) is 16.8. The first-order valence-electron chi connectivity index (χ1n) is 12.5. The fourth-order valence-electron chi connectivity index (χ4n) is 5.62. The van der Waals surface area contributed by atoms with Crippen LogP contribution in [0.4, 0.5) is 5.69 Å². The number of anilines is 1. The molecule has 5 nitrogen and oxygen atoms in total. The molecule has 4 rings (SSSR count). The quantitative estimate of drug-likeness (QED) is 0.586. The number of hydrogen-bond donors (Lipinski definition) is 1. The second kappa shape index (κ2) is 10.5. The van der Waals surface area contributed by atoms with Gasteiger partial charge in [0.05, 0.1) is 5.92 Å². The maximum Gasteiger partial charge on any atom is 0.248 e. The minimum absolute atomic E-state index is 0.119. The minimum Gasteiger partial charge on any atom is -0.366 e. The molecule has 0 aromatic heterocycles. The fourth-order valence-corrected chi connectivity index (χ4v) is 5.62. The number of para-hydroxylation sites is 1. The highest BCUT2D eigenvalue weighted by Crippen LogP contribution is 2.36. The number of carbonyl (C=O) groups is 2. The summed E-state index contributed by atoms with van der Waals surface area (Å²) in [6.45, 7) is 6.58. The van der Waals surface area contributed by atoms with Gasteiger partial charge in [-0.25, -0.2) is 0 Å². The summed E-state index contributed by atoms with van der Waals surface area (Å²) in [5.74, 6) is -0.627. The van der Waals surface area contributed by atoms with Gasteiger partial charge < -0.3 is 10.6 Å². The van der Waals surface area contributed by atoms with Gasteiger partial charge in [0.1, 0.15) is 0 Å². The Morgan fingerprint density at radius 1 is 0.970 bits per heavy atom. The Morgan fingerprint density at radius 3 is 2.45 bits per heavy atom. The molecule has 3 atom stereocenters. The number of amides is 2.